The Kier molecular flexibility index (Phi) is 3.54. The van der Waals surface area contributed by atoms with Gasteiger partial charge in [-0.15, -0.1) is 0 Å². The summed E-state index contributed by atoms with van der Waals surface area (Å²) < 4.78 is 23.0. The molecule has 2 saturated heterocycles. The summed E-state index contributed by atoms with van der Waals surface area (Å²) >= 11 is 0. The normalized spacial score (nSPS) is 22.2. The van der Waals surface area contributed by atoms with E-state index in [-0.39, 0.29) is 11.5 Å². The first-order chi connectivity index (χ1) is 9.53. The smallest absolute Gasteiger partial charge is 0.227 e. The minimum absolute atomic E-state index is 0.217. The van der Waals surface area contributed by atoms with Crippen LogP contribution < -0.4 is 9.80 Å². The largest absolute Gasteiger partial charge is 0.354 e. The molecule has 2 aliphatic rings. The van der Waals surface area contributed by atoms with Crippen molar-refractivity contribution in [2.45, 2.75) is 19.8 Å². The Morgan fingerprint density at radius 3 is 2.30 bits per heavy atom. The Bertz CT molecular complexity index is 582. The summed E-state index contributed by atoms with van der Waals surface area (Å²) in [6, 6.07) is 1.94. The molecular weight excluding hydrogens is 276 g/mol. The summed E-state index contributed by atoms with van der Waals surface area (Å²) in [5.74, 6) is 2.07. The Hall–Kier alpha value is -1.37. The van der Waals surface area contributed by atoms with Crippen molar-refractivity contribution in [3.05, 3.63) is 11.8 Å². The Morgan fingerprint density at radius 1 is 1.00 bits per heavy atom. The van der Waals surface area contributed by atoms with E-state index in [1.54, 1.807) is 0 Å². The summed E-state index contributed by atoms with van der Waals surface area (Å²) in [5, 5.41) is 0. The van der Waals surface area contributed by atoms with E-state index >= 15 is 0 Å². The van der Waals surface area contributed by atoms with Gasteiger partial charge in [0.2, 0.25) is 5.95 Å². The van der Waals surface area contributed by atoms with Crippen molar-refractivity contribution < 1.29 is 8.42 Å². The highest BCUT2D eigenvalue weighted by molar-refractivity contribution is 7.91. The van der Waals surface area contributed by atoms with Crippen LogP contribution in [-0.4, -0.2) is 56.1 Å². The van der Waals surface area contributed by atoms with Gasteiger partial charge in [0, 0.05) is 37.9 Å². The maximum Gasteiger partial charge on any atom is 0.227 e. The molecule has 1 aromatic rings. The lowest BCUT2D eigenvalue weighted by Crippen LogP contribution is -2.41. The van der Waals surface area contributed by atoms with E-state index in [0.29, 0.717) is 13.1 Å². The predicted octanol–water partition coefficient (Wildman–Crippen LogP) is 0.620. The van der Waals surface area contributed by atoms with Gasteiger partial charge in [0.15, 0.2) is 9.84 Å². The van der Waals surface area contributed by atoms with Gasteiger partial charge >= 0.3 is 0 Å². The van der Waals surface area contributed by atoms with Crippen molar-refractivity contribution >= 4 is 21.6 Å². The lowest BCUT2D eigenvalue weighted by Gasteiger charge is -2.28. The molecule has 0 spiro atoms. The fourth-order valence-corrected chi connectivity index (χ4v) is 3.90. The molecule has 2 fully saturated rings. The maximum atomic E-state index is 11.5. The zero-order valence-corrected chi connectivity index (χ0v) is 12.6. The quantitative estimate of drug-likeness (QED) is 0.797. The van der Waals surface area contributed by atoms with Crippen LogP contribution in [0.3, 0.4) is 0 Å². The zero-order chi connectivity index (χ0) is 14.2. The Balaban J connectivity index is 1.82. The van der Waals surface area contributed by atoms with Crippen LogP contribution in [0.1, 0.15) is 18.5 Å². The zero-order valence-electron chi connectivity index (χ0n) is 11.7. The number of anilines is 2. The molecular formula is C13H20N4O2S. The number of nitrogens with zero attached hydrogens (tertiary/aromatic N) is 4. The van der Waals surface area contributed by atoms with E-state index in [1.807, 2.05) is 13.0 Å². The van der Waals surface area contributed by atoms with Gasteiger partial charge in [-0.05, 0) is 19.8 Å². The highest BCUT2D eigenvalue weighted by Crippen LogP contribution is 2.21. The third-order valence-corrected chi connectivity index (χ3v) is 5.50. The predicted molar refractivity (Wildman–Crippen MR) is 79.1 cm³/mol. The lowest BCUT2D eigenvalue weighted by atomic mass is 10.4. The second kappa shape index (κ2) is 5.20. The first-order valence-electron chi connectivity index (χ1n) is 7.09. The van der Waals surface area contributed by atoms with Gasteiger partial charge in [-0.25, -0.2) is 13.4 Å². The fraction of sp³-hybridized carbons (Fsp3) is 0.692. The van der Waals surface area contributed by atoms with Gasteiger partial charge in [0.05, 0.1) is 11.5 Å². The third kappa shape index (κ3) is 2.87. The molecule has 3 rings (SSSR count). The first-order valence-corrected chi connectivity index (χ1v) is 8.92. The first kappa shape index (κ1) is 13.6. The molecule has 20 heavy (non-hydrogen) atoms. The second-order valence-corrected chi connectivity index (χ2v) is 7.80. The van der Waals surface area contributed by atoms with E-state index < -0.39 is 9.84 Å². The van der Waals surface area contributed by atoms with Crippen molar-refractivity contribution in [2.75, 3.05) is 47.5 Å². The molecule has 0 aliphatic carbocycles. The number of aryl methyl sites for hydroxylation is 1. The number of hydrogen-bond donors (Lipinski definition) is 0. The van der Waals surface area contributed by atoms with Crippen LogP contribution in [0.15, 0.2) is 6.07 Å². The summed E-state index contributed by atoms with van der Waals surface area (Å²) in [4.78, 5) is 13.4. The maximum absolute atomic E-state index is 11.5. The van der Waals surface area contributed by atoms with E-state index in [4.69, 9.17) is 0 Å². The van der Waals surface area contributed by atoms with E-state index in [1.165, 1.54) is 12.8 Å². The standard InChI is InChI=1S/C13H20N4O2S/c1-11-10-12(16-6-8-20(18,19)9-7-16)15-13(14-11)17-4-2-3-5-17/h10H,2-9H2,1H3. The van der Waals surface area contributed by atoms with Gasteiger partial charge in [-0.1, -0.05) is 0 Å². The number of rotatable bonds is 2. The second-order valence-electron chi connectivity index (χ2n) is 5.50. The topological polar surface area (TPSA) is 66.4 Å². The molecule has 0 N–H and O–H groups in total. The highest BCUT2D eigenvalue weighted by atomic mass is 32.2. The molecule has 3 heterocycles. The van der Waals surface area contributed by atoms with Crippen LogP contribution in [0, 0.1) is 6.92 Å². The Labute approximate surface area is 119 Å². The molecule has 0 radical (unpaired) electrons. The Morgan fingerprint density at radius 2 is 1.65 bits per heavy atom. The molecule has 110 valence electrons. The molecule has 0 saturated carbocycles. The average molecular weight is 296 g/mol. The molecule has 0 aromatic carbocycles. The van der Waals surface area contributed by atoms with Crippen LogP contribution in [-0.2, 0) is 9.84 Å². The van der Waals surface area contributed by atoms with E-state index in [0.717, 1.165) is 30.5 Å². The van der Waals surface area contributed by atoms with Crippen LogP contribution in [0.25, 0.3) is 0 Å². The van der Waals surface area contributed by atoms with Crippen molar-refractivity contribution in [1.29, 1.82) is 0 Å². The minimum Gasteiger partial charge on any atom is -0.354 e. The fourth-order valence-electron chi connectivity index (χ4n) is 2.70. The molecule has 0 bridgehead atoms. The lowest BCUT2D eigenvalue weighted by molar-refractivity contribution is 0.586. The average Bonchev–Trinajstić information content (AvgIpc) is 2.91. The number of aromatic nitrogens is 2. The van der Waals surface area contributed by atoms with Gasteiger partial charge in [-0.3, -0.25) is 0 Å². The van der Waals surface area contributed by atoms with Crippen LogP contribution in [0.5, 0.6) is 0 Å². The molecule has 0 atom stereocenters. The minimum atomic E-state index is -2.86. The summed E-state index contributed by atoms with van der Waals surface area (Å²) in [6.07, 6.45) is 2.38. The van der Waals surface area contributed by atoms with Crippen molar-refractivity contribution in [1.82, 2.24) is 9.97 Å². The molecule has 2 aliphatic heterocycles. The molecule has 6 nitrogen and oxygen atoms in total. The summed E-state index contributed by atoms with van der Waals surface area (Å²) in [6.45, 7) is 5.04. The summed E-state index contributed by atoms with van der Waals surface area (Å²) in [7, 11) is -2.86. The third-order valence-electron chi connectivity index (χ3n) is 3.89. The molecule has 7 heteroatoms. The van der Waals surface area contributed by atoms with Gasteiger partial charge < -0.3 is 9.80 Å². The van der Waals surface area contributed by atoms with Gasteiger partial charge in [0.25, 0.3) is 0 Å². The van der Waals surface area contributed by atoms with Crippen molar-refractivity contribution in [2.24, 2.45) is 0 Å². The van der Waals surface area contributed by atoms with Crippen LogP contribution in [0.2, 0.25) is 0 Å². The van der Waals surface area contributed by atoms with E-state index in [2.05, 4.69) is 19.8 Å². The molecule has 1 aromatic heterocycles. The SMILES string of the molecule is Cc1cc(N2CCS(=O)(=O)CC2)nc(N2CCCC2)n1. The number of hydrogen-bond acceptors (Lipinski definition) is 6. The van der Waals surface area contributed by atoms with Crippen molar-refractivity contribution in [3.8, 4) is 0 Å². The molecule has 0 unspecified atom stereocenters. The summed E-state index contributed by atoms with van der Waals surface area (Å²) in [5.41, 5.74) is 0.935. The number of sulfone groups is 1. The highest BCUT2D eigenvalue weighted by Gasteiger charge is 2.24. The van der Waals surface area contributed by atoms with Crippen LogP contribution in [0.4, 0.5) is 11.8 Å². The van der Waals surface area contributed by atoms with E-state index in [9.17, 15) is 8.42 Å². The van der Waals surface area contributed by atoms with Crippen LogP contribution >= 0.6 is 0 Å². The van der Waals surface area contributed by atoms with Gasteiger partial charge in [0.1, 0.15) is 5.82 Å². The molecule has 0 amide bonds. The van der Waals surface area contributed by atoms with Crippen molar-refractivity contribution in [3.63, 3.8) is 0 Å². The van der Waals surface area contributed by atoms with Gasteiger partial charge in [-0.2, -0.15) is 4.98 Å². The monoisotopic (exact) mass is 296 g/mol.